The molecular formula is C19H25F3N2O2. The number of halogens is 3. The highest BCUT2D eigenvalue weighted by Gasteiger charge is 2.35. The van der Waals surface area contributed by atoms with Gasteiger partial charge < -0.3 is 10.4 Å². The zero-order chi connectivity index (χ0) is 18.7. The number of aliphatic hydroxyl groups excluding tert-OH is 1. The van der Waals surface area contributed by atoms with Crippen molar-refractivity contribution in [2.24, 2.45) is 11.8 Å². The zero-order valence-electron chi connectivity index (χ0n) is 14.6. The molecule has 3 rings (SSSR count). The van der Waals surface area contributed by atoms with Gasteiger partial charge in [0.15, 0.2) is 0 Å². The average molecular weight is 370 g/mol. The highest BCUT2D eigenvalue weighted by molar-refractivity contribution is 5.79. The lowest BCUT2D eigenvalue weighted by Gasteiger charge is -2.33. The molecule has 7 heteroatoms. The van der Waals surface area contributed by atoms with Gasteiger partial charge in [0.2, 0.25) is 5.91 Å². The van der Waals surface area contributed by atoms with Crippen LogP contribution in [0.5, 0.6) is 0 Å². The molecule has 0 spiro atoms. The maximum Gasteiger partial charge on any atom is 0.416 e. The number of likely N-dealkylation sites (tertiary alicyclic amines) is 1. The number of benzene rings is 1. The van der Waals surface area contributed by atoms with Crippen molar-refractivity contribution >= 4 is 5.91 Å². The average Bonchev–Trinajstić information content (AvgIpc) is 3.43. The van der Waals surface area contributed by atoms with E-state index in [2.05, 4.69) is 5.32 Å². The molecule has 0 unspecified atom stereocenters. The van der Waals surface area contributed by atoms with Gasteiger partial charge >= 0.3 is 6.18 Å². The van der Waals surface area contributed by atoms with Gasteiger partial charge in [-0.1, -0.05) is 18.2 Å². The van der Waals surface area contributed by atoms with E-state index in [0.717, 1.165) is 25.5 Å². The molecule has 1 aromatic carbocycles. The number of aliphatic hydroxyl groups is 1. The number of rotatable bonds is 6. The van der Waals surface area contributed by atoms with Crippen molar-refractivity contribution in [3.8, 4) is 0 Å². The van der Waals surface area contributed by atoms with E-state index in [1.54, 1.807) is 0 Å². The lowest BCUT2D eigenvalue weighted by Crippen LogP contribution is -2.44. The van der Waals surface area contributed by atoms with Gasteiger partial charge in [0.25, 0.3) is 0 Å². The summed E-state index contributed by atoms with van der Waals surface area (Å²) in [7, 11) is 0. The maximum absolute atomic E-state index is 13.1. The van der Waals surface area contributed by atoms with Crippen LogP contribution in [0.25, 0.3) is 0 Å². The van der Waals surface area contributed by atoms with E-state index in [-0.39, 0.29) is 23.9 Å². The Bertz CT molecular complexity index is 631. The smallest absolute Gasteiger partial charge is 0.387 e. The van der Waals surface area contributed by atoms with Crippen LogP contribution < -0.4 is 5.32 Å². The molecule has 2 aliphatic rings. The Kier molecular flexibility index (Phi) is 5.87. The molecule has 1 aromatic rings. The minimum absolute atomic E-state index is 0.0202. The molecule has 1 saturated carbocycles. The minimum atomic E-state index is -4.50. The summed E-state index contributed by atoms with van der Waals surface area (Å²) in [6.07, 6.45) is -1.81. The number of nitrogens with one attached hydrogen (secondary N) is 1. The fourth-order valence-corrected chi connectivity index (χ4v) is 3.54. The van der Waals surface area contributed by atoms with E-state index in [1.807, 2.05) is 4.90 Å². The van der Waals surface area contributed by atoms with Crippen molar-refractivity contribution in [1.82, 2.24) is 10.2 Å². The largest absolute Gasteiger partial charge is 0.416 e. The van der Waals surface area contributed by atoms with Gasteiger partial charge in [0.1, 0.15) is 0 Å². The Morgan fingerprint density at radius 1 is 1.27 bits per heavy atom. The molecule has 0 bridgehead atoms. The van der Waals surface area contributed by atoms with E-state index >= 15 is 0 Å². The van der Waals surface area contributed by atoms with Crippen LogP contribution in [0.15, 0.2) is 24.3 Å². The quantitative estimate of drug-likeness (QED) is 0.810. The molecule has 144 valence electrons. The zero-order valence-corrected chi connectivity index (χ0v) is 14.6. The van der Waals surface area contributed by atoms with Crippen molar-refractivity contribution in [2.45, 2.75) is 38.0 Å². The van der Waals surface area contributed by atoms with Gasteiger partial charge in [-0.15, -0.1) is 0 Å². The van der Waals surface area contributed by atoms with E-state index in [1.165, 1.54) is 31.0 Å². The lowest BCUT2D eigenvalue weighted by atomic mass is 9.95. The van der Waals surface area contributed by atoms with Crippen LogP contribution in [0.1, 0.15) is 42.9 Å². The summed E-state index contributed by atoms with van der Waals surface area (Å²) in [6.45, 7) is 1.97. The summed E-state index contributed by atoms with van der Waals surface area (Å²) in [5, 5.41) is 13.4. The first-order chi connectivity index (χ1) is 12.3. The summed E-state index contributed by atoms with van der Waals surface area (Å²) in [5.41, 5.74) is -0.913. The van der Waals surface area contributed by atoms with Crippen molar-refractivity contribution < 1.29 is 23.1 Å². The Morgan fingerprint density at radius 2 is 2.00 bits per heavy atom. The molecule has 0 radical (unpaired) electrons. The SMILES string of the molecule is O=C(NCC1CC1)[C@@H]1CCCN(C[C@@H](O)c2ccccc2C(F)(F)F)C1. The molecule has 1 aliphatic carbocycles. The fourth-order valence-electron chi connectivity index (χ4n) is 3.54. The maximum atomic E-state index is 13.1. The van der Waals surface area contributed by atoms with E-state index in [4.69, 9.17) is 0 Å². The monoisotopic (exact) mass is 370 g/mol. The standard InChI is InChI=1S/C19H25F3N2O2/c20-19(21,22)16-6-2-1-5-15(16)17(25)12-24-9-3-4-14(11-24)18(26)23-10-13-7-8-13/h1-2,5-6,13-14,17,25H,3-4,7-12H2,(H,23,26)/t14-,17-/m1/s1. The second kappa shape index (κ2) is 7.96. The highest BCUT2D eigenvalue weighted by Crippen LogP contribution is 2.35. The number of amides is 1. The Morgan fingerprint density at radius 3 is 2.69 bits per heavy atom. The molecule has 26 heavy (non-hydrogen) atoms. The van der Waals surface area contributed by atoms with Crippen LogP contribution in [0.4, 0.5) is 13.2 Å². The van der Waals surface area contributed by atoms with Gasteiger partial charge in [-0.2, -0.15) is 13.2 Å². The molecule has 2 atom stereocenters. The number of piperidine rings is 1. The summed E-state index contributed by atoms with van der Waals surface area (Å²) in [4.78, 5) is 14.2. The van der Waals surface area contributed by atoms with Crippen LogP contribution >= 0.6 is 0 Å². The normalized spacial score (nSPS) is 22.8. The third kappa shape index (κ3) is 4.98. The van der Waals surface area contributed by atoms with Crippen LogP contribution in [-0.2, 0) is 11.0 Å². The number of β-amino-alcohol motifs (C(OH)–C–C–N with tert-alkyl or cyclic N) is 1. The van der Waals surface area contributed by atoms with Gasteiger partial charge in [0.05, 0.1) is 17.6 Å². The van der Waals surface area contributed by atoms with Crippen molar-refractivity contribution in [1.29, 1.82) is 0 Å². The first-order valence-corrected chi connectivity index (χ1v) is 9.19. The van der Waals surface area contributed by atoms with Gasteiger partial charge in [0, 0.05) is 19.6 Å². The number of hydrogen-bond donors (Lipinski definition) is 2. The lowest BCUT2D eigenvalue weighted by molar-refractivity contribution is -0.139. The number of alkyl halides is 3. The van der Waals surface area contributed by atoms with E-state index in [0.29, 0.717) is 19.0 Å². The molecule has 2 N–H and O–H groups in total. The molecule has 1 saturated heterocycles. The Hall–Kier alpha value is -1.60. The van der Waals surface area contributed by atoms with Crippen molar-refractivity contribution in [2.75, 3.05) is 26.2 Å². The third-order valence-corrected chi connectivity index (χ3v) is 5.19. The van der Waals surface area contributed by atoms with Crippen molar-refractivity contribution in [3.05, 3.63) is 35.4 Å². The molecule has 1 heterocycles. The topological polar surface area (TPSA) is 52.6 Å². The Labute approximate surface area is 151 Å². The highest BCUT2D eigenvalue weighted by atomic mass is 19.4. The predicted molar refractivity (Wildman–Crippen MR) is 91.3 cm³/mol. The molecule has 1 amide bonds. The van der Waals surface area contributed by atoms with E-state index in [9.17, 15) is 23.1 Å². The van der Waals surface area contributed by atoms with Crippen LogP contribution in [0.2, 0.25) is 0 Å². The first kappa shape index (κ1) is 19.2. The summed E-state index contributed by atoms with van der Waals surface area (Å²) in [5.74, 6) is 0.471. The first-order valence-electron chi connectivity index (χ1n) is 9.19. The summed E-state index contributed by atoms with van der Waals surface area (Å²) in [6, 6.07) is 5.12. The number of carbonyl (C=O) groups excluding carboxylic acids is 1. The second-order valence-corrected chi connectivity index (χ2v) is 7.39. The molecule has 1 aliphatic heterocycles. The molecular weight excluding hydrogens is 345 g/mol. The molecule has 2 fully saturated rings. The van der Waals surface area contributed by atoms with Gasteiger partial charge in [-0.3, -0.25) is 9.69 Å². The van der Waals surface area contributed by atoms with Crippen LogP contribution in [-0.4, -0.2) is 42.1 Å². The predicted octanol–water partition coefficient (Wildman–Crippen LogP) is 2.98. The fraction of sp³-hybridized carbons (Fsp3) is 0.632. The van der Waals surface area contributed by atoms with Crippen molar-refractivity contribution in [3.63, 3.8) is 0 Å². The summed E-state index contributed by atoms with van der Waals surface area (Å²) < 4.78 is 39.4. The second-order valence-electron chi connectivity index (χ2n) is 7.39. The number of hydrogen-bond acceptors (Lipinski definition) is 3. The summed E-state index contributed by atoms with van der Waals surface area (Å²) >= 11 is 0. The van der Waals surface area contributed by atoms with Crippen LogP contribution in [0, 0.1) is 11.8 Å². The van der Waals surface area contributed by atoms with E-state index < -0.39 is 17.8 Å². The number of nitrogens with zero attached hydrogens (tertiary/aromatic N) is 1. The molecule has 0 aromatic heterocycles. The number of carbonyl (C=O) groups is 1. The van der Waals surface area contributed by atoms with Gasteiger partial charge in [-0.05, 0) is 49.8 Å². The Balaban J connectivity index is 1.58. The third-order valence-electron chi connectivity index (χ3n) is 5.19. The molecule has 4 nitrogen and oxygen atoms in total. The van der Waals surface area contributed by atoms with Crippen LogP contribution in [0.3, 0.4) is 0 Å². The van der Waals surface area contributed by atoms with Gasteiger partial charge in [-0.25, -0.2) is 0 Å². The minimum Gasteiger partial charge on any atom is -0.387 e.